The van der Waals surface area contributed by atoms with E-state index >= 15 is 0 Å². The molecule has 1 aromatic rings. The van der Waals surface area contributed by atoms with Gasteiger partial charge in [0.15, 0.2) is 0 Å². The zero-order valence-electron chi connectivity index (χ0n) is 14.1. The fourth-order valence-corrected chi connectivity index (χ4v) is 4.18. The van der Waals surface area contributed by atoms with Gasteiger partial charge in [0.1, 0.15) is 0 Å². The third-order valence-electron chi connectivity index (χ3n) is 5.68. The number of hydrogen-bond donors (Lipinski definition) is 0. The van der Waals surface area contributed by atoms with E-state index in [1.165, 1.54) is 25.0 Å². The fourth-order valence-electron chi connectivity index (χ4n) is 4.18. The van der Waals surface area contributed by atoms with Gasteiger partial charge in [0, 0.05) is 32.2 Å². The lowest BCUT2D eigenvalue weighted by molar-refractivity contribution is -0.140. The van der Waals surface area contributed by atoms with E-state index < -0.39 is 11.7 Å². The summed E-state index contributed by atoms with van der Waals surface area (Å²) in [4.78, 5) is 16.9. The summed E-state index contributed by atoms with van der Waals surface area (Å²) in [6.07, 6.45) is 0.0427. The maximum Gasteiger partial charge on any atom is 0.416 e. The van der Waals surface area contributed by atoms with Gasteiger partial charge in [0.25, 0.3) is 0 Å². The molecular formula is C19H23F3N2O. The zero-order chi connectivity index (χ0) is 17.6. The Morgan fingerprint density at radius 2 is 1.88 bits per heavy atom. The molecule has 0 radical (unpaired) electrons. The summed E-state index contributed by atoms with van der Waals surface area (Å²) in [5.41, 5.74) is 0.0616. The molecular weight excluding hydrogens is 329 g/mol. The third kappa shape index (κ3) is 3.68. The van der Waals surface area contributed by atoms with Crippen molar-refractivity contribution in [1.82, 2.24) is 9.80 Å². The lowest BCUT2D eigenvalue weighted by atomic mass is 9.94. The van der Waals surface area contributed by atoms with Gasteiger partial charge in [-0.2, -0.15) is 13.2 Å². The van der Waals surface area contributed by atoms with Crippen LogP contribution in [0.4, 0.5) is 13.2 Å². The maximum atomic E-state index is 12.9. The van der Waals surface area contributed by atoms with Crippen LogP contribution in [-0.4, -0.2) is 41.4 Å². The second-order valence-corrected chi connectivity index (χ2v) is 7.75. The van der Waals surface area contributed by atoms with E-state index in [9.17, 15) is 18.0 Å². The quantitative estimate of drug-likeness (QED) is 0.828. The highest BCUT2D eigenvalue weighted by atomic mass is 19.4. The van der Waals surface area contributed by atoms with Crippen molar-refractivity contribution in [1.29, 1.82) is 0 Å². The number of alkyl halides is 3. The monoisotopic (exact) mass is 352 g/mol. The average Bonchev–Trinajstić information content (AvgIpc) is 3.38. The molecule has 4 fully saturated rings. The Kier molecular flexibility index (Phi) is 4.26. The molecule has 0 aromatic heterocycles. The van der Waals surface area contributed by atoms with E-state index in [0.29, 0.717) is 24.6 Å². The maximum absolute atomic E-state index is 12.9. The Morgan fingerprint density at radius 3 is 2.60 bits per heavy atom. The van der Waals surface area contributed by atoms with Crippen molar-refractivity contribution < 1.29 is 18.0 Å². The third-order valence-corrected chi connectivity index (χ3v) is 5.68. The largest absolute Gasteiger partial charge is 0.416 e. The van der Waals surface area contributed by atoms with Gasteiger partial charge in [0.2, 0.25) is 5.91 Å². The van der Waals surface area contributed by atoms with Crippen molar-refractivity contribution in [2.24, 2.45) is 11.8 Å². The molecule has 3 aliphatic heterocycles. The molecule has 0 unspecified atom stereocenters. The van der Waals surface area contributed by atoms with Crippen molar-refractivity contribution in [3.8, 4) is 0 Å². The number of hydrogen-bond acceptors (Lipinski definition) is 2. The second-order valence-electron chi connectivity index (χ2n) is 7.75. The van der Waals surface area contributed by atoms with Gasteiger partial charge in [-0.15, -0.1) is 0 Å². The highest BCUT2D eigenvalue weighted by molar-refractivity contribution is 5.80. The molecule has 0 spiro atoms. The van der Waals surface area contributed by atoms with Crippen LogP contribution in [0.5, 0.6) is 0 Å². The number of carbonyl (C=O) groups excluding carboxylic acids is 1. The molecule has 25 heavy (non-hydrogen) atoms. The number of piperidine rings is 1. The first-order valence-corrected chi connectivity index (χ1v) is 9.09. The topological polar surface area (TPSA) is 23.6 Å². The van der Waals surface area contributed by atoms with Gasteiger partial charge in [-0.3, -0.25) is 9.69 Å². The summed E-state index contributed by atoms with van der Waals surface area (Å²) in [6, 6.07) is 5.77. The fraction of sp³-hybridized carbons (Fsp3) is 0.632. The Morgan fingerprint density at radius 1 is 1.08 bits per heavy atom. The molecule has 1 aromatic carbocycles. The Balaban J connectivity index is 1.48. The van der Waals surface area contributed by atoms with Gasteiger partial charge < -0.3 is 4.90 Å². The first-order valence-electron chi connectivity index (χ1n) is 9.09. The number of halogens is 3. The minimum Gasteiger partial charge on any atom is -0.338 e. The van der Waals surface area contributed by atoms with Gasteiger partial charge in [0.05, 0.1) is 11.5 Å². The molecule has 3 nitrogen and oxygen atoms in total. The normalized spacial score (nSPS) is 27.6. The number of nitrogens with zero attached hydrogens (tertiary/aromatic N) is 2. The molecule has 2 bridgehead atoms. The minimum atomic E-state index is -4.31. The van der Waals surface area contributed by atoms with Crippen molar-refractivity contribution in [2.75, 3.05) is 19.6 Å². The molecule has 5 rings (SSSR count). The van der Waals surface area contributed by atoms with E-state index in [1.54, 1.807) is 6.07 Å². The predicted octanol–water partition coefficient (Wildman–Crippen LogP) is 3.54. The summed E-state index contributed by atoms with van der Waals surface area (Å²) in [6.45, 7) is 2.77. The summed E-state index contributed by atoms with van der Waals surface area (Å²) in [5, 5.41) is 0. The Bertz CT molecular complexity index is 656. The summed E-state index contributed by atoms with van der Waals surface area (Å²) in [7, 11) is 0. The van der Waals surface area contributed by atoms with E-state index in [-0.39, 0.29) is 17.9 Å². The zero-order valence-corrected chi connectivity index (χ0v) is 14.1. The summed E-state index contributed by atoms with van der Waals surface area (Å²) < 4.78 is 38.7. The Hall–Kier alpha value is -1.56. The van der Waals surface area contributed by atoms with Crippen molar-refractivity contribution >= 4 is 5.91 Å². The van der Waals surface area contributed by atoms with Crippen LogP contribution in [0.1, 0.15) is 36.8 Å². The molecule has 136 valence electrons. The molecule has 0 N–H and O–H groups in total. The van der Waals surface area contributed by atoms with Crippen LogP contribution < -0.4 is 0 Å². The molecule has 1 amide bonds. The molecule has 1 saturated carbocycles. The van der Waals surface area contributed by atoms with Crippen LogP contribution in [-0.2, 0) is 17.5 Å². The second kappa shape index (κ2) is 6.31. The van der Waals surface area contributed by atoms with Crippen LogP contribution in [0.15, 0.2) is 24.3 Å². The average molecular weight is 352 g/mol. The van der Waals surface area contributed by atoms with Crippen LogP contribution >= 0.6 is 0 Å². The van der Waals surface area contributed by atoms with Crippen molar-refractivity contribution in [3.05, 3.63) is 35.4 Å². The van der Waals surface area contributed by atoms with E-state index in [1.807, 2.05) is 0 Å². The van der Waals surface area contributed by atoms with E-state index in [0.717, 1.165) is 32.0 Å². The van der Waals surface area contributed by atoms with Gasteiger partial charge in [-0.05, 0) is 43.2 Å². The van der Waals surface area contributed by atoms with E-state index in [4.69, 9.17) is 0 Å². The molecule has 3 heterocycles. The number of rotatable bonds is 4. The number of benzene rings is 1. The van der Waals surface area contributed by atoms with E-state index in [2.05, 4.69) is 9.80 Å². The van der Waals surface area contributed by atoms with Crippen LogP contribution in [0, 0.1) is 11.8 Å². The molecule has 3 saturated heterocycles. The SMILES string of the molecule is O=C1[C@H]2CC[C@H](CN(Cc3cccc(C(F)(F)F)c3)C2)N1CC1CC1. The summed E-state index contributed by atoms with van der Waals surface area (Å²) >= 11 is 0. The number of amides is 1. The lowest BCUT2D eigenvalue weighted by Gasteiger charge is -2.36. The molecule has 6 heteroatoms. The predicted molar refractivity (Wildman–Crippen MR) is 87.7 cm³/mol. The smallest absolute Gasteiger partial charge is 0.338 e. The minimum absolute atomic E-state index is 0.00305. The lowest BCUT2D eigenvalue weighted by Crippen LogP contribution is -2.48. The highest BCUT2D eigenvalue weighted by Gasteiger charge is 2.42. The van der Waals surface area contributed by atoms with Gasteiger partial charge in [-0.1, -0.05) is 18.2 Å². The highest BCUT2D eigenvalue weighted by Crippen LogP contribution is 2.36. The van der Waals surface area contributed by atoms with Crippen molar-refractivity contribution in [3.63, 3.8) is 0 Å². The van der Waals surface area contributed by atoms with Crippen molar-refractivity contribution in [2.45, 2.75) is 44.4 Å². The van der Waals surface area contributed by atoms with Gasteiger partial charge >= 0.3 is 6.18 Å². The Labute approximate surface area is 145 Å². The summed E-state index contributed by atoms with van der Waals surface area (Å²) in [5.74, 6) is 0.929. The van der Waals surface area contributed by atoms with Crippen LogP contribution in [0.25, 0.3) is 0 Å². The first kappa shape index (κ1) is 16.9. The number of carbonyl (C=O) groups is 1. The number of fused-ring (bicyclic) bond motifs is 4. The van der Waals surface area contributed by atoms with Crippen LogP contribution in [0.2, 0.25) is 0 Å². The first-order chi connectivity index (χ1) is 11.9. The van der Waals surface area contributed by atoms with Gasteiger partial charge in [-0.25, -0.2) is 0 Å². The van der Waals surface area contributed by atoms with Crippen LogP contribution in [0.3, 0.4) is 0 Å². The molecule has 1 aliphatic carbocycles. The standard InChI is InChI=1S/C19H23F3N2O/c20-19(21,22)16-3-1-2-14(8-16)9-23-11-15-6-7-17(12-23)24(18(15)25)10-13-4-5-13/h1-3,8,13,15,17H,4-7,9-12H2/t15-,17+/m0/s1. The molecule has 2 atom stereocenters. The molecule has 4 aliphatic rings.